The third-order valence-electron chi connectivity index (χ3n) is 5.07. The summed E-state index contributed by atoms with van der Waals surface area (Å²) in [6, 6.07) is 5.58. The summed E-state index contributed by atoms with van der Waals surface area (Å²) in [6.07, 6.45) is 8.70. The third kappa shape index (κ3) is 4.10. The standard InChI is InChI=1S/C23H23FN4O2/c1-14-6-19-17(12-27-22(19)26-10-14)7-15-8-21(29-2)20(25-11-15)5-4-16-9-18(24)13-28-23(16)30-3/h6,8-13H,4-5,7H2,1-3H3,(H,26,27). The average molecular weight is 406 g/mol. The lowest BCUT2D eigenvalue weighted by molar-refractivity contribution is 0.389. The van der Waals surface area contributed by atoms with Crippen molar-refractivity contribution in [1.29, 1.82) is 0 Å². The van der Waals surface area contributed by atoms with Crippen LogP contribution in [0.5, 0.6) is 11.6 Å². The molecule has 0 aliphatic rings. The third-order valence-corrected chi connectivity index (χ3v) is 5.07. The van der Waals surface area contributed by atoms with E-state index in [1.165, 1.54) is 13.2 Å². The van der Waals surface area contributed by atoms with Gasteiger partial charge in [0.05, 0.1) is 26.1 Å². The van der Waals surface area contributed by atoms with E-state index in [4.69, 9.17) is 9.47 Å². The highest BCUT2D eigenvalue weighted by molar-refractivity contribution is 5.80. The quantitative estimate of drug-likeness (QED) is 0.498. The number of aromatic nitrogens is 4. The van der Waals surface area contributed by atoms with Gasteiger partial charge >= 0.3 is 0 Å². The fourth-order valence-corrected chi connectivity index (χ4v) is 3.59. The summed E-state index contributed by atoms with van der Waals surface area (Å²) in [4.78, 5) is 16.2. The molecular weight excluding hydrogens is 383 g/mol. The molecule has 154 valence electrons. The molecule has 0 aliphatic carbocycles. The van der Waals surface area contributed by atoms with Gasteiger partial charge in [0.2, 0.25) is 5.88 Å². The molecule has 6 nitrogen and oxygen atoms in total. The first-order valence-electron chi connectivity index (χ1n) is 9.70. The Morgan fingerprint density at radius 3 is 2.60 bits per heavy atom. The highest BCUT2D eigenvalue weighted by atomic mass is 19.1. The van der Waals surface area contributed by atoms with Gasteiger partial charge in [-0.15, -0.1) is 0 Å². The lowest BCUT2D eigenvalue weighted by Crippen LogP contribution is -2.03. The van der Waals surface area contributed by atoms with Crippen LogP contribution in [0.1, 0.15) is 27.9 Å². The molecular formula is C23H23FN4O2. The van der Waals surface area contributed by atoms with Crippen LogP contribution in [-0.2, 0) is 19.3 Å². The normalized spacial score (nSPS) is 11.1. The first-order valence-corrected chi connectivity index (χ1v) is 9.70. The number of rotatable bonds is 7. The minimum absolute atomic E-state index is 0.385. The van der Waals surface area contributed by atoms with E-state index in [1.807, 2.05) is 31.6 Å². The fraction of sp³-hybridized carbons (Fsp3) is 0.261. The Labute approximate surface area is 174 Å². The molecule has 7 heteroatoms. The van der Waals surface area contributed by atoms with Gasteiger partial charge in [0.15, 0.2) is 0 Å². The van der Waals surface area contributed by atoms with Gasteiger partial charge in [-0.05, 0) is 54.7 Å². The Balaban J connectivity index is 1.54. The van der Waals surface area contributed by atoms with E-state index >= 15 is 0 Å². The lowest BCUT2D eigenvalue weighted by Gasteiger charge is -2.11. The van der Waals surface area contributed by atoms with E-state index < -0.39 is 0 Å². The van der Waals surface area contributed by atoms with Crippen molar-refractivity contribution in [2.24, 2.45) is 0 Å². The van der Waals surface area contributed by atoms with Crippen LogP contribution in [-0.4, -0.2) is 34.2 Å². The molecule has 0 saturated carbocycles. The summed E-state index contributed by atoms with van der Waals surface area (Å²) in [5, 5.41) is 1.11. The van der Waals surface area contributed by atoms with Gasteiger partial charge in [0, 0.05) is 36.0 Å². The summed E-state index contributed by atoms with van der Waals surface area (Å²) in [7, 11) is 3.16. The minimum atomic E-state index is -0.385. The Bertz CT molecular complexity index is 1190. The first-order chi connectivity index (χ1) is 14.6. The first kappa shape index (κ1) is 19.8. The molecule has 4 aromatic heterocycles. The summed E-state index contributed by atoms with van der Waals surface area (Å²) in [6.45, 7) is 2.03. The van der Waals surface area contributed by atoms with E-state index in [1.54, 1.807) is 7.11 Å². The number of hydrogen-bond acceptors (Lipinski definition) is 5. The number of H-pyrrole nitrogens is 1. The van der Waals surface area contributed by atoms with E-state index in [9.17, 15) is 4.39 Å². The molecule has 0 unspecified atom stereocenters. The van der Waals surface area contributed by atoms with Crippen LogP contribution in [0.15, 0.2) is 43.0 Å². The van der Waals surface area contributed by atoms with Crippen LogP contribution in [0.25, 0.3) is 11.0 Å². The maximum absolute atomic E-state index is 13.6. The fourth-order valence-electron chi connectivity index (χ4n) is 3.59. The number of aryl methyl sites for hydroxylation is 3. The Hall–Kier alpha value is -3.48. The number of halogens is 1. The van der Waals surface area contributed by atoms with Crippen molar-refractivity contribution >= 4 is 11.0 Å². The minimum Gasteiger partial charge on any atom is -0.495 e. The van der Waals surface area contributed by atoms with Gasteiger partial charge in [-0.3, -0.25) is 4.98 Å². The second kappa shape index (κ2) is 8.49. The van der Waals surface area contributed by atoms with Gasteiger partial charge in [-0.25, -0.2) is 14.4 Å². The largest absolute Gasteiger partial charge is 0.495 e. The molecule has 0 amide bonds. The predicted molar refractivity (Wildman–Crippen MR) is 113 cm³/mol. The van der Waals surface area contributed by atoms with Gasteiger partial charge in [0.1, 0.15) is 17.2 Å². The van der Waals surface area contributed by atoms with Crippen LogP contribution >= 0.6 is 0 Å². The summed E-state index contributed by atoms with van der Waals surface area (Å²) < 4.78 is 24.4. The number of hydrogen-bond donors (Lipinski definition) is 1. The van der Waals surface area contributed by atoms with Gasteiger partial charge in [-0.1, -0.05) is 0 Å². The SMILES string of the molecule is COc1cc(Cc2c[nH]c3ncc(C)cc23)cnc1CCc1cc(F)cnc1OC. The second-order valence-electron chi connectivity index (χ2n) is 7.21. The zero-order valence-electron chi connectivity index (χ0n) is 17.2. The molecule has 4 heterocycles. The van der Waals surface area contributed by atoms with Crippen molar-refractivity contribution in [1.82, 2.24) is 19.9 Å². The van der Waals surface area contributed by atoms with Crippen molar-refractivity contribution in [3.05, 3.63) is 76.8 Å². The topological polar surface area (TPSA) is 72.9 Å². The average Bonchev–Trinajstić information content (AvgIpc) is 3.14. The van der Waals surface area contributed by atoms with Crippen molar-refractivity contribution in [2.75, 3.05) is 14.2 Å². The van der Waals surface area contributed by atoms with Crippen LogP contribution in [0.3, 0.4) is 0 Å². The zero-order valence-corrected chi connectivity index (χ0v) is 17.2. The number of nitrogens with one attached hydrogen (secondary N) is 1. The molecule has 0 bridgehead atoms. The maximum atomic E-state index is 13.6. The Morgan fingerprint density at radius 1 is 0.933 bits per heavy atom. The zero-order chi connectivity index (χ0) is 21.1. The number of aromatic amines is 1. The number of methoxy groups -OCH3 is 2. The Morgan fingerprint density at radius 2 is 1.80 bits per heavy atom. The molecule has 0 saturated heterocycles. The highest BCUT2D eigenvalue weighted by Crippen LogP contribution is 2.25. The van der Waals surface area contributed by atoms with Crippen LogP contribution < -0.4 is 9.47 Å². The molecule has 0 aromatic carbocycles. The van der Waals surface area contributed by atoms with Crippen molar-refractivity contribution in [3.8, 4) is 11.6 Å². The van der Waals surface area contributed by atoms with Crippen molar-refractivity contribution in [3.63, 3.8) is 0 Å². The second-order valence-corrected chi connectivity index (χ2v) is 7.21. The highest BCUT2D eigenvalue weighted by Gasteiger charge is 2.12. The number of nitrogens with zero attached hydrogens (tertiary/aromatic N) is 3. The number of fused-ring (bicyclic) bond motifs is 1. The Kier molecular flexibility index (Phi) is 5.61. The molecule has 30 heavy (non-hydrogen) atoms. The molecule has 4 rings (SSSR count). The molecule has 0 fully saturated rings. The van der Waals surface area contributed by atoms with Crippen LogP contribution in [0, 0.1) is 12.7 Å². The van der Waals surface area contributed by atoms with E-state index in [2.05, 4.69) is 26.0 Å². The molecule has 0 atom stereocenters. The predicted octanol–water partition coefficient (Wildman–Crippen LogP) is 4.19. The van der Waals surface area contributed by atoms with Gasteiger partial charge in [0.25, 0.3) is 0 Å². The smallest absolute Gasteiger partial charge is 0.216 e. The molecule has 4 aromatic rings. The monoisotopic (exact) mass is 406 g/mol. The molecule has 1 N–H and O–H groups in total. The van der Waals surface area contributed by atoms with Gasteiger partial charge in [-0.2, -0.15) is 0 Å². The molecule has 0 spiro atoms. The number of pyridine rings is 3. The van der Waals surface area contributed by atoms with E-state index in [-0.39, 0.29) is 5.82 Å². The lowest BCUT2D eigenvalue weighted by atomic mass is 10.0. The maximum Gasteiger partial charge on any atom is 0.216 e. The van der Waals surface area contributed by atoms with Gasteiger partial charge < -0.3 is 14.5 Å². The molecule has 0 radical (unpaired) electrons. The van der Waals surface area contributed by atoms with Crippen molar-refractivity contribution in [2.45, 2.75) is 26.2 Å². The van der Waals surface area contributed by atoms with Crippen LogP contribution in [0.4, 0.5) is 4.39 Å². The van der Waals surface area contributed by atoms with Crippen molar-refractivity contribution < 1.29 is 13.9 Å². The van der Waals surface area contributed by atoms with E-state index in [0.29, 0.717) is 30.0 Å². The summed E-state index contributed by atoms with van der Waals surface area (Å²) >= 11 is 0. The summed E-state index contributed by atoms with van der Waals surface area (Å²) in [5.74, 6) is 0.754. The number of ether oxygens (including phenoxy) is 2. The molecule has 0 aliphatic heterocycles. The van der Waals surface area contributed by atoms with Crippen LogP contribution in [0.2, 0.25) is 0 Å². The summed E-state index contributed by atoms with van der Waals surface area (Å²) in [5.41, 5.74) is 5.72. The van der Waals surface area contributed by atoms with E-state index in [0.717, 1.165) is 46.0 Å².